The van der Waals surface area contributed by atoms with Crippen LogP contribution in [0.4, 0.5) is 4.39 Å². The van der Waals surface area contributed by atoms with Crippen molar-refractivity contribution in [2.24, 2.45) is 0 Å². The lowest BCUT2D eigenvalue weighted by Gasteiger charge is -2.06. The van der Waals surface area contributed by atoms with Gasteiger partial charge < -0.3 is 0 Å². The average molecular weight is 385 g/mol. The third kappa shape index (κ3) is 4.89. The number of allylic oxidation sites excluding steroid dienone is 8. The van der Waals surface area contributed by atoms with Crippen molar-refractivity contribution in [3.05, 3.63) is 82.3 Å². The molecule has 1 aromatic carbocycles. The Morgan fingerprint density at radius 3 is 2.33 bits per heavy atom. The molecular weight excluding hydrogens is 359 g/mol. The van der Waals surface area contributed by atoms with Crippen LogP contribution < -0.4 is 0 Å². The van der Waals surface area contributed by atoms with E-state index in [9.17, 15) is 13.4 Å². The lowest BCUT2D eigenvalue weighted by Crippen LogP contribution is -1.99. The van der Waals surface area contributed by atoms with Gasteiger partial charge in [0.15, 0.2) is 0 Å². The summed E-state index contributed by atoms with van der Waals surface area (Å²) >= 11 is 0. The number of hydrogen-bond acceptors (Lipinski definition) is 2. The largest absolute Gasteiger partial charge is 0.299 e. The van der Waals surface area contributed by atoms with Gasteiger partial charge in [-0.3, -0.25) is 9.00 Å². The van der Waals surface area contributed by atoms with Crippen LogP contribution in [0.1, 0.15) is 39.2 Å². The monoisotopic (exact) mass is 384 g/mol. The first kappa shape index (κ1) is 21.0. The van der Waals surface area contributed by atoms with Crippen molar-refractivity contribution in [2.45, 2.75) is 38.5 Å². The van der Waals surface area contributed by atoms with E-state index in [0.717, 1.165) is 38.3 Å². The van der Waals surface area contributed by atoms with E-state index in [1.165, 1.54) is 13.0 Å². The lowest BCUT2D eigenvalue weighted by atomic mass is 9.98. The Morgan fingerprint density at radius 2 is 1.85 bits per heavy atom. The highest BCUT2D eigenvalue weighted by Crippen LogP contribution is 2.41. The second-order valence-corrected chi connectivity index (χ2v) is 7.90. The summed E-state index contributed by atoms with van der Waals surface area (Å²) < 4.78 is 25.3. The predicted octanol–water partition coefficient (Wildman–Crippen LogP) is 5.86. The Morgan fingerprint density at radius 1 is 1.22 bits per heavy atom. The number of hydrogen-bond donors (Lipinski definition) is 0. The maximum Gasteiger partial charge on any atom is 0.137 e. The van der Waals surface area contributed by atoms with Gasteiger partial charge in [0.25, 0.3) is 0 Å². The summed E-state index contributed by atoms with van der Waals surface area (Å²) in [5.41, 5.74) is 5.24. The zero-order valence-corrected chi connectivity index (χ0v) is 17.1. The van der Waals surface area contributed by atoms with E-state index < -0.39 is 10.8 Å². The summed E-state index contributed by atoms with van der Waals surface area (Å²) in [5.74, 6) is -0.194. The molecule has 0 bridgehead atoms. The molecule has 142 valence electrons. The fourth-order valence-electron chi connectivity index (χ4n) is 3.12. The van der Waals surface area contributed by atoms with Gasteiger partial charge >= 0.3 is 0 Å². The Balaban J connectivity index is 2.60. The van der Waals surface area contributed by atoms with Crippen LogP contribution in [0.2, 0.25) is 0 Å². The van der Waals surface area contributed by atoms with Crippen LogP contribution in [-0.4, -0.2) is 16.2 Å². The molecule has 27 heavy (non-hydrogen) atoms. The van der Waals surface area contributed by atoms with E-state index in [1.807, 2.05) is 44.2 Å². The Bertz CT molecular complexity index is 908. The molecular formula is C23H25FO2S. The predicted molar refractivity (Wildman–Crippen MR) is 111 cm³/mol. The van der Waals surface area contributed by atoms with Crippen LogP contribution in [0.15, 0.2) is 81.6 Å². The Hall–Kier alpha value is -2.33. The minimum Gasteiger partial charge on any atom is -0.299 e. The molecule has 1 aliphatic carbocycles. The fourth-order valence-corrected chi connectivity index (χ4v) is 3.64. The lowest BCUT2D eigenvalue weighted by molar-refractivity contribution is -0.118. The average Bonchev–Trinajstić information content (AvgIpc) is 2.86. The summed E-state index contributed by atoms with van der Waals surface area (Å²) in [4.78, 5) is 12.8. The molecule has 0 radical (unpaired) electrons. The number of benzene rings is 1. The molecule has 1 unspecified atom stereocenters. The zero-order valence-electron chi connectivity index (χ0n) is 16.3. The summed E-state index contributed by atoms with van der Waals surface area (Å²) in [7, 11) is -1.03. The number of rotatable bonds is 7. The number of Topliss-reactive ketones (excluding diaryl/α,β-unsaturated/α-hetero) is 1. The SMILES string of the molecule is C=CC1=C(/C=C(\C)F)C(CC(=O)CC)=C(C)/C1=C\c1ccc(S(C)=O)cc1. The minimum absolute atomic E-state index is 0.117. The smallest absolute Gasteiger partial charge is 0.137 e. The molecule has 0 aliphatic heterocycles. The zero-order chi connectivity index (χ0) is 20.1. The topological polar surface area (TPSA) is 34.1 Å². The van der Waals surface area contributed by atoms with Gasteiger partial charge in [0.05, 0.1) is 5.83 Å². The number of ketones is 1. The summed E-state index contributed by atoms with van der Waals surface area (Å²) in [5, 5.41) is 0. The quantitative estimate of drug-likeness (QED) is 0.590. The van der Waals surface area contributed by atoms with Gasteiger partial charge in [-0.25, -0.2) is 4.39 Å². The summed E-state index contributed by atoms with van der Waals surface area (Å²) in [6.45, 7) is 9.08. The van der Waals surface area contributed by atoms with Gasteiger partial charge in [0, 0.05) is 34.8 Å². The van der Waals surface area contributed by atoms with Crippen molar-refractivity contribution in [3.8, 4) is 0 Å². The fraction of sp³-hybridized carbons (Fsp3) is 0.261. The Kier molecular flexibility index (Phi) is 7.03. The van der Waals surface area contributed by atoms with Crippen molar-refractivity contribution in [1.82, 2.24) is 0 Å². The highest BCUT2D eigenvalue weighted by atomic mass is 32.2. The van der Waals surface area contributed by atoms with Gasteiger partial charge in [-0.1, -0.05) is 31.7 Å². The van der Waals surface area contributed by atoms with Gasteiger partial charge in [-0.2, -0.15) is 0 Å². The molecule has 0 saturated carbocycles. The highest BCUT2D eigenvalue weighted by molar-refractivity contribution is 7.84. The second kappa shape index (κ2) is 9.05. The molecule has 0 saturated heterocycles. The molecule has 0 heterocycles. The molecule has 0 aromatic heterocycles. The molecule has 1 aliphatic rings. The van der Waals surface area contributed by atoms with Gasteiger partial charge in [-0.05, 0) is 71.6 Å². The van der Waals surface area contributed by atoms with Gasteiger partial charge in [-0.15, -0.1) is 0 Å². The molecule has 2 nitrogen and oxygen atoms in total. The molecule has 0 spiro atoms. The third-order valence-electron chi connectivity index (χ3n) is 4.60. The first-order valence-electron chi connectivity index (χ1n) is 8.86. The van der Waals surface area contributed by atoms with Crippen LogP contribution in [0.3, 0.4) is 0 Å². The Labute approximate surface area is 163 Å². The summed E-state index contributed by atoms with van der Waals surface area (Å²) in [6, 6.07) is 7.48. The van der Waals surface area contributed by atoms with E-state index in [-0.39, 0.29) is 18.0 Å². The summed E-state index contributed by atoms with van der Waals surface area (Å²) in [6.07, 6.45) is 7.56. The second-order valence-electron chi connectivity index (χ2n) is 6.52. The molecule has 0 amide bonds. The minimum atomic E-state index is -1.03. The number of carbonyl (C=O) groups is 1. The molecule has 2 rings (SSSR count). The maximum atomic E-state index is 13.7. The van der Waals surface area contributed by atoms with E-state index in [4.69, 9.17) is 0 Å². The molecule has 1 aromatic rings. The van der Waals surface area contributed by atoms with Gasteiger partial charge in [0.2, 0.25) is 0 Å². The first-order valence-corrected chi connectivity index (χ1v) is 10.4. The molecule has 0 fully saturated rings. The van der Waals surface area contributed by atoms with Crippen LogP contribution in [0, 0.1) is 0 Å². The maximum absolute atomic E-state index is 13.7. The molecule has 0 N–H and O–H groups in total. The van der Waals surface area contributed by atoms with Crippen LogP contribution in [0.25, 0.3) is 6.08 Å². The normalized spacial score (nSPS) is 17.7. The van der Waals surface area contributed by atoms with Crippen molar-refractivity contribution in [3.63, 3.8) is 0 Å². The highest BCUT2D eigenvalue weighted by Gasteiger charge is 2.25. The van der Waals surface area contributed by atoms with Crippen molar-refractivity contribution >= 4 is 22.7 Å². The first-order chi connectivity index (χ1) is 12.8. The van der Waals surface area contributed by atoms with Crippen LogP contribution in [-0.2, 0) is 15.6 Å². The molecule has 4 heteroatoms. The van der Waals surface area contributed by atoms with Gasteiger partial charge in [0.1, 0.15) is 5.78 Å². The van der Waals surface area contributed by atoms with E-state index in [2.05, 4.69) is 6.58 Å². The molecule has 1 atom stereocenters. The third-order valence-corrected chi connectivity index (χ3v) is 5.54. The van der Waals surface area contributed by atoms with Crippen molar-refractivity contribution in [2.75, 3.05) is 6.26 Å². The van der Waals surface area contributed by atoms with E-state index in [1.54, 1.807) is 12.3 Å². The van der Waals surface area contributed by atoms with Crippen molar-refractivity contribution < 1.29 is 13.4 Å². The van der Waals surface area contributed by atoms with Crippen molar-refractivity contribution in [1.29, 1.82) is 0 Å². The van der Waals surface area contributed by atoms with E-state index >= 15 is 0 Å². The standard InChI is InChI=1S/C23H25FO2S/c1-6-18(25)14-22-16(4)21(20(7-2)23(22)12-15(3)24)13-17-8-10-19(11-9-17)27(5)26/h7-13H,2,6,14H2,1,3-5H3/b15-12+,21-13+. The number of carbonyl (C=O) groups excluding carboxylic acids is 1. The number of halogens is 1. The van der Waals surface area contributed by atoms with Crippen LogP contribution >= 0.6 is 0 Å². The van der Waals surface area contributed by atoms with Crippen LogP contribution in [0.5, 0.6) is 0 Å². The van der Waals surface area contributed by atoms with E-state index in [0.29, 0.717) is 6.42 Å².